The van der Waals surface area contributed by atoms with E-state index < -0.39 is 8.07 Å². The van der Waals surface area contributed by atoms with Gasteiger partial charge in [0.2, 0.25) is 0 Å². The maximum Gasteiger partial charge on any atom is 0.0685 e. The quantitative estimate of drug-likeness (QED) is 0.651. The van der Waals surface area contributed by atoms with Crippen molar-refractivity contribution in [2.45, 2.75) is 19.6 Å². The Hall–Kier alpha value is -0.606. The van der Waals surface area contributed by atoms with Crippen molar-refractivity contribution >= 4 is 23.5 Å². The van der Waals surface area contributed by atoms with Crippen LogP contribution in [0.2, 0.25) is 19.6 Å². The van der Waals surface area contributed by atoms with Crippen molar-refractivity contribution in [3.05, 3.63) is 41.6 Å². The van der Waals surface area contributed by atoms with Crippen LogP contribution in [0.4, 0.5) is 0 Å². The molecule has 0 heterocycles. The molecule has 0 nitrogen and oxygen atoms in total. The zero-order valence-corrected chi connectivity index (χ0v) is 12.0. The first kappa shape index (κ1) is 10.5. The lowest BCUT2D eigenvalue weighted by atomic mass is 10.2. The summed E-state index contributed by atoms with van der Waals surface area (Å²) in [6.45, 7) is 7.15. The molecular formula is C11H18Si2. The van der Waals surface area contributed by atoms with Gasteiger partial charge in [0.15, 0.2) is 0 Å². The molecule has 0 aliphatic heterocycles. The van der Waals surface area contributed by atoms with Gasteiger partial charge in [-0.2, -0.15) is 0 Å². The molecule has 0 aromatic heterocycles. The fraction of sp³-hybridized carbons (Fsp3) is 0.273. The largest absolute Gasteiger partial charge is 0.0961 e. The van der Waals surface area contributed by atoms with Crippen LogP contribution < -0.4 is 0 Å². The summed E-state index contributed by atoms with van der Waals surface area (Å²) in [6.07, 6.45) is 0. The van der Waals surface area contributed by atoms with Gasteiger partial charge in [-0.3, -0.25) is 0 Å². The van der Waals surface area contributed by atoms with Crippen LogP contribution in [-0.2, 0) is 0 Å². The van der Waals surface area contributed by atoms with E-state index in [-0.39, 0.29) is 0 Å². The minimum Gasteiger partial charge on any atom is -0.0961 e. The van der Waals surface area contributed by atoms with Crippen LogP contribution in [0.5, 0.6) is 0 Å². The Labute approximate surface area is 85.1 Å². The van der Waals surface area contributed by atoms with E-state index in [1.807, 2.05) is 0 Å². The molecule has 0 atom stereocenters. The summed E-state index contributed by atoms with van der Waals surface area (Å²) in [5.74, 6) is 0. The van der Waals surface area contributed by atoms with Crippen LogP contribution in [0.3, 0.4) is 0 Å². The molecule has 0 aliphatic carbocycles. The Balaban J connectivity index is 2.92. The molecule has 2 heteroatoms. The van der Waals surface area contributed by atoms with E-state index in [4.69, 9.17) is 0 Å². The van der Waals surface area contributed by atoms with Crippen molar-refractivity contribution < 1.29 is 0 Å². The molecule has 1 aromatic carbocycles. The minimum absolute atomic E-state index is 1.03. The van der Waals surface area contributed by atoms with Crippen LogP contribution in [0.15, 0.2) is 36.0 Å². The smallest absolute Gasteiger partial charge is 0.0685 e. The Bertz CT molecular complexity index is 294. The molecule has 70 valence electrons. The van der Waals surface area contributed by atoms with Crippen LogP contribution in [-0.4, -0.2) is 18.3 Å². The summed E-state index contributed by atoms with van der Waals surface area (Å²) in [5.41, 5.74) is 3.92. The molecule has 0 saturated carbocycles. The Morgan fingerprint density at radius 3 is 2.15 bits per heavy atom. The zero-order chi connectivity index (χ0) is 9.90. The average Bonchev–Trinajstić information content (AvgIpc) is 2.03. The van der Waals surface area contributed by atoms with Gasteiger partial charge in [0.05, 0.1) is 8.07 Å². The van der Waals surface area contributed by atoms with Gasteiger partial charge in [-0.05, 0) is 5.56 Å². The van der Waals surface area contributed by atoms with E-state index in [1.165, 1.54) is 5.56 Å². The van der Waals surface area contributed by atoms with Crippen LogP contribution in [0, 0.1) is 0 Å². The molecule has 0 N–H and O–H groups in total. The molecule has 0 unspecified atom stereocenters. The average molecular weight is 206 g/mol. The molecule has 0 saturated heterocycles. The van der Waals surface area contributed by atoms with Gasteiger partial charge < -0.3 is 0 Å². The van der Waals surface area contributed by atoms with E-state index in [2.05, 4.69) is 55.7 Å². The maximum atomic E-state index is 2.51. The fourth-order valence-electron chi connectivity index (χ4n) is 1.43. The SMILES string of the molecule is C[Si](C)(C)C=C([SiH3])c1ccccc1. The highest BCUT2D eigenvalue weighted by Crippen LogP contribution is 2.14. The van der Waals surface area contributed by atoms with Gasteiger partial charge in [0.1, 0.15) is 0 Å². The molecule has 0 radical (unpaired) electrons. The number of rotatable bonds is 2. The molecule has 0 bridgehead atoms. The van der Waals surface area contributed by atoms with Gasteiger partial charge in [0.25, 0.3) is 0 Å². The molecule has 0 spiro atoms. The van der Waals surface area contributed by atoms with E-state index >= 15 is 0 Å². The predicted molar refractivity (Wildman–Crippen MR) is 67.7 cm³/mol. The van der Waals surface area contributed by atoms with E-state index in [9.17, 15) is 0 Å². The molecular weight excluding hydrogens is 188 g/mol. The molecule has 13 heavy (non-hydrogen) atoms. The lowest BCUT2D eigenvalue weighted by molar-refractivity contribution is 1.64. The fourth-order valence-corrected chi connectivity index (χ4v) is 5.83. The first-order chi connectivity index (χ1) is 5.99. The van der Waals surface area contributed by atoms with Gasteiger partial charge in [0, 0.05) is 10.2 Å². The second kappa shape index (κ2) is 4.07. The van der Waals surface area contributed by atoms with Crippen molar-refractivity contribution in [3.63, 3.8) is 0 Å². The Morgan fingerprint density at radius 1 is 1.15 bits per heavy atom. The Kier molecular flexibility index (Phi) is 3.28. The second-order valence-electron chi connectivity index (χ2n) is 4.56. The molecule has 0 aliphatic rings. The summed E-state index contributed by atoms with van der Waals surface area (Å²) >= 11 is 0. The summed E-state index contributed by atoms with van der Waals surface area (Å²) < 4.78 is 0. The normalized spacial score (nSPS) is 13.3. The topological polar surface area (TPSA) is 0 Å². The van der Waals surface area contributed by atoms with Crippen LogP contribution >= 0.6 is 0 Å². The van der Waals surface area contributed by atoms with Crippen molar-refractivity contribution in [1.29, 1.82) is 0 Å². The second-order valence-corrected chi connectivity index (χ2v) is 10.7. The summed E-state index contributed by atoms with van der Waals surface area (Å²) in [4.78, 5) is 0. The summed E-state index contributed by atoms with van der Waals surface area (Å²) in [5, 5.41) is 1.56. The highest BCUT2D eigenvalue weighted by Gasteiger charge is 2.09. The van der Waals surface area contributed by atoms with E-state index in [1.54, 1.807) is 5.20 Å². The maximum absolute atomic E-state index is 2.51. The number of benzene rings is 1. The predicted octanol–water partition coefficient (Wildman–Crippen LogP) is 2.27. The summed E-state index contributed by atoms with van der Waals surface area (Å²) in [6, 6.07) is 10.7. The third kappa shape index (κ3) is 3.74. The highest BCUT2D eigenvalue weighted by molar-refractivity contribution is 6.83. The summed E-state index contributed by atoms with van der Waals surface area (Å²) in [7, 11) is 0.123. The zero-order valence-electron chi connectivity index (χ0n) is 8.96. The minimum atomic E-state index is -1.03. The van der Waals surface area contributed by atoms with Crippen molar-refractivity contribution in [3.8, 4) is 0 Å². The molecule has 0 amide bonds. The third-order valence-electron chi connectivity index (χ3n) is 1.88. The lowest BCUT2D eigenvalue weighted by Crippen LogP contribution is -2.16. The van der Waals surface area contributed by atoms with Crippen LogP contribution in [0.25, 0.3) is 5.20 Å². The van der Waals surface area contributed by atoms with Crippen LogP contribution in [0.1, 0.15) is 5.56 Å². The molecule has 0 fully saturated rings. The lowest BCUT2D eigenvalue weighted by Gasteiger charge is -2.12. The van der Waals surface area contributed by atoms with E-state index in [0.29, 0.717) is 0 Å². The Morgan fingerprint density at radius 2 is 1.69 bits per heavy atom. The highest BCUT2D eigenvalue weighted by atomic mass is 28.3. The molecule has 1 rings (SSSR count). The van der Waals surface area contributed by atoms with Gasteiger partial charge in [-0.25, -0.2) is 0 Å². The monoisotopic (exact) mass is 206 g/mol. The van der Waals surface area contributed by atoms with Crippen molar-refractivity contribution in [2.75, 3.05) is 0 Å². The standard InChI is InChI=1S/C11H18Si2/c1-13(2,3)9-11(12)10-7-5-4-6-8-10/h4-9H,1-3,12H3. The third-order valence-corrected chi connectivity index (χ3v) is 4.62. The van der Waals surface area contributed by atoms with Crippen molar-refractivity contribution in [1.82, 2.24) is 0 Å². The van der Waals surface area contributed by atoms with Crippen molar-refractivity contribution in [2.24, 2.45) is 0 Å². The number of hydrogen-bond acceptors (Lipinski definition) is 0. The molecule has 1 aromatic rings. The first-order valence-electron chi connectivity index (χ1n) is 4.74. The number of hydrogen-bond donors (Lipinski definition) is 0. The first-order valence-corrected chi connectivity index (χ1v) is 9.32. The van der Waals surface area contributed by atoms with E-state index in [0.717, 1.165) is 10.2 Å². The van der Waals surface area contributed by atoms with Gasteiger partial charge >= 0.3 is 0 Å². The van der Waals surface area contributed by atoms with Gasteiger partial charge in [-0.1, -0.05) is 60.9 Å². The van der Waals surface area contributed by atoms with Gasteiger partial charge in [-0.15, -0.1) is 0 Å².